The molecule has 1 amide bonds. The predicted molar refractivity (Wildman–Crippen MR) is 99.4 cm³/mol. The van der Waals surface area contributed by atoms with Crippen molar-refractivity contribution in [1.82, 2.24) is 25.5 Å². The lowest BCUT2D eigenvalue weighted by atomic mass is 10.2. The number of phenols is 1. The summed E-state index contributed by atoms with van der Waals surface area (Å²) in [6.45, 7) is 2.13. The van der Waals surface area contributed by atoms with Crippen LogP contribution in [-0.2, 0) is 11.3 Å². The van der Waals surface area contributed by atoms with E-state index in [1.54, 1.807) is 37.3 Å². The molecule has 0 fully saturated rings. The van der Waals surface area contributed by atoms with Crippen molar-refractivity contribution in [3.05, 3.63) is 59.1 Å². The van der Waals surface area contributed by atoms with Gasteiger partial charge in [0.25, 0.3) is 0 Å². The molecule has 1 atom stereocenters. The summed E-state index contributed by atoms with van der Waals surface area (Å²) in [5.74, 6) is 0.0125. The molecule has 7 nitrogen and oxygen atoms in total. The highest BCUT2D eigenvalue weighted by atomic mass is 35.5. The van der Waals surface area contributed by atoms with Gasteiger partial charge in [0.1, 0.15) is 5.75 Å². The van der Waals surface area contributed by atoms with Crippen molar-refractivity contribution in [3.8, 4) is 11.4 Å². The van der Waals surface area contributed by atoms with Gasteiger partial charge in [0.15, 0.2) is 0 Å². The number of halogens is 1. The minimum absolute atomic E-state index is 0.143. The van der Waals surface area contributed by atoms with Crippen molar-refractivity contribution in [1.29, 1.82) is 0 Å². The molecule has 0 unspecified atom stereocenters. The Hall–Kier alpha value is -2.58. The van der Waals surface area contributed by atoms with Crippen LogP contribution in [0.25, 0.3) is 5.69 Å². The molecule has 3 rings (SSSR count). The zero-order chi connectivity index (χ0) is 18.5. The third-order valence-corrected chi connectivity index (χ3v) is 5.00. The predicted octanol–water partition coefficient (Wildman–Crippen LogP) is 2.82. The fourth-order valence-corrected chi connectivity index (χ4v) is 3.22. The number of hydrogen-bond donors (Lipinski definition) is 2. The van der Waals surface area contributed by atoms with Crippen LogP contribution in [0.1, 0.15) is 12.5 Å². The minimum Gasteiger partial charge on any atom is -0.508 e. The van der Waals surface area contributed by atoms with E-state index < -0.39 is 5.25 Å². The highest BCUT2D eigenvalue weighted by Crippen LogP contribution is 2.24. The third kappa shape index (κ3) is 4.33. The lowest BCUT2D eigenvalue weighted by Gasteiger charge is -2.12. The van der Waals surface area contributed by atoms with Crippen LogP contribution in [0.3, 0.4) is 0 Å². The van der Waals surface area contributed by atoms with E-state index in [1.165, 1.54) is 16.4 Å². The lowest BCUT2D eigenvalue weighted by Crippen LogP contribution is -2.30. The molecule has 0 aliphatic rings. The zero-order valence-corrected chi connectivity index (χ0v) is 15.4. The highest BCUT2D eigenvalue weighted by molar-refractivity contribution is 8.00. The van der Waals surface area contributed by atoms with Crippen LogP contribution in [-0.4, -0.2) is 36.5 Å². The summed E-state index contributed by atoms with van der Waals surface area (Å²) in [6, 6.07) is 13.8. The number of aromatic hydroxyl groups is 1. The molecule has 9 heteroatoms. The first kappa shape index (κ1) is 18.2. The molecule has 0 bridgehead atoms. The summed E-state index contributed by atoms with van der Waals surface area (Å²) < 4.78 is 1.52. The van der Waals surface area contributed by atoms with Crippen molar-refractivity contribution in [2.24, 2.45) is 0 Å². The zero-order valence-electron chi connectivity index (χ0n) is 13.8. The van der Waals surface area contributed by atoms with Crippen molar-refractivity contribution in [2.75, 3.05) is 0 Å². The molecule has 1 aromatic heterocycles. The molecule has 0 spiro atoms. The fraction of sp³-hybridized carbons (Fsp3) is 0.176. The number of tetrazole rings is 1. The standard InChI is InChI=1S/C17H16ClN5O2S/c1-11(16(25)19-10-12-4-2-3-5-15(12)18)26-17-20-21-22-23(17)13-6-8-14(24)9-7-13/h2-9,11,24H,10H2,1H3,(H,19,25)/t11-/m1/s1. The van der Waals surface area contributed by atoms with Gasteiger partial charge >= 0.3 is 0 Å². The minimum atomic E-state index is -0.403. The van der Waals surface area contributed by atoms with E-state index in [1.807, 2.05) is 18.2 Å². The second kappa shape index (κ2) is 8.20. The molecule has 0 saturated carbocycles. The topological polar surface area (TPSA) is 92.9 Å². The van der Waals surface area contributed by atoms with Gasteiger partial charge in [-0.3, -0.25) is 4.79 Å². The summed E-state index contributed by atoms with van der Waals surface area (Å²) in [5, 5.41) is 24.5. The van der Waals surface area contributed by atoms with E-state index in [4.69, 9.17) is 11.6 Å². The Morgan fingerprint density at radius 2 is 2.00 bits per heavy atom. The Morgan fingerprint density at radius 1 is 1.27 bits per heavy atom. The SMILES string of the molecule is C[C@@H](Sc1nnnn1-c1ccc(O)cc1)C(=O)NCc1ccccc1Cl. The van der Waals surface area contributed by atoms with Gasteiger partial charge in [-0.2, -0.15) is 4.68 Å². The summed E-state index contributed by atoms with van der Waals surface area (Å²) in [5.41, 5.74) is 1.55. The van der Waals surface area contributed by atoms with Gasteiger partial charge in [0.05, 0.1) is 10.9 Å². The molecule has 0 aliphatic carbocycles. The summed E-state index contributed by atoms with van der Waals surface area (Å²) in [6.07, 6.45) is 0. The fourth-order valence-electron chi connectivity index (χ4n) is 2.19. The Bertz CT molecular complexity index is 900. The molecule has 2 aromatic carbocycles. The largest absolute Gasteiger partial charge is 0.508 e. The number of nitrogens with zero attached hydrogens (tertiary/aromatic N) is 4. The van der Waals surface area contributed by atoms with Crippen LogP contribution in [0.5, 0.6) is 5.75 Å². The first-order chi connectivity index (χ1) is 12.5. The van der Waals surface area contributed by atoms with E-state index in [2.05, 4.69) is 20.8 Å². The van der Waals surface area contributed by atoms with Gasteiger partial charge < -0.3 is 10.4 Å². The second-order valence-corrected chi connectivity index (χ2v) is 7.17. The summed E-state index contributed by atoms with van der Waals surface area (Å²) >= 11 is 7.34. The van der Waals surface area contributed by atoms with Crippen LogP contribution < -0.4 is 5.32 Å². The second-order valence-electron chi connectivity index (χ2n) is 5.46. The monoisotopic (exact) mass is 389 g/mol. The first-order valence-electron chi connectivity index (χ1n) is 7.80. The quantitative estimate of drug-likeness (QED) is 0.630. The van der Waals surface area contributed by atoms with E-state index >= 15 is 0 Å². The van der Waals surface area contributed by atoms with Crippen LogP contribution in [0.2, 0.25) is 5.02 Å². The molecule has 3 aromatic rings. The smallest absolute Gasteiger partial charge is 0.233 e. The Morgan fingerprint density at radius 3 is 2.73 bits per heavy atom. The van der Waals surface area contributed by atoms with Gasteiger partial charge in [0, 0.05) is 11.6 Å². The number of thioether (sulfide) groups is 1. The molecule has 0 aliphatic heterocycles. The first-order valence-corrected chi connectivity index (χ1v) is 9.06. The maximum absolute atomic E-state index is 12.4. The molecule has 2 N–H and O–H groups in total. The van der Waals surface area contributed by atoms with Gasteiger partial charge in [0.2, 0.25) is 11.1 Å². The molecular weight excluding hydrogens is 374 g/mol. The van der Waals surface area contributed by atoms with E-state index in [0.29, 0.717) is 22.4 Å². The number of benzene rings is 2. The van der Waals surface area contributed by atoms with E-state index in [0.717, 1.165) is 5.56 Å². The molecule has 1 heterocycles. The van der Waals surface area contributed by atoms with Crippen LogP contribution in [0.4, 0.5) is 0 Å². The number of carbonyl (C=O) groups is 1. The number of phenolic OH excluding ortho intramolecular Hbond substituents is 1. The number of amides is 1. The average molecular weight is 390 g/mol. The third-order valence-electron chi connectivity index (χ3n) is 3.60. The number of aromatic nitrogens is 4. The normalized spacial score (nSPS) is 11.9. The number of nitrogens with one attached hydrogen (secondary N) is 1. The Kier molecular flexibility index (Phi) is 5.75. The van der Waals surface area contributed by atoms with E-state index in [9.17, 15) is 9.90 Å². The van der Waals surface area contributed by atoms with Crippen LogP contribution >= 0.6 is 23.4 Å². The van der Waals surface area contributed by atoms with Crippen molar-refractivity contribution >= 4 is 29.3 Å². The van der Waals surface area contributed by atoms with Crippen LogP contribution in [0, 0.1) is 0 Å². The van der Waals surface area contributed by atoms with Gasteiger partial charge in [-0.05, 0) is 53.2 Å². The maximum Gasteiger partial charge on any atom is 0.233 e. The Balaban J connectivity index is 1.64. The molecule has 0 radical (unpaired) electrons. The van der Waals surface area contributed by atoms with E-state index in [-0.39, 0.29) is 11.7 Å². The average Bonchev–Trinajstić information content (AvgIpc) is 3.09. The van der Waals surface area contributed by atoms with Gasteiger partial charge in [-0.25, -0.2) is 0 Å². The number of carbonyl (C=O) groups excluding carboxylic acids is 1. The van der Waals surface area contributed by atoms with Gasteiger partial charge in [-0.1, -0.05) is 41.6 Å². The van der Waals surface area contributed by atoms with Gasteiger partial charge in [-0.15, -0.1) is 5.10 Å². The van der Waals surface area contributed by atoms with Crippen molar-refractivity contribution in [3.63, 3.8) is 0 Å². The lowest BCUT2D eigenvalue weighted by molar-refractivity contribution is -0.120. The Labute approximate surface area is 159 Å². The molecule has 0 saturated heterocycles. The maximum atomic E-state index is 12.4. The number of hydrogen-bond acceptors (Lipinski definition) is 6. The molecule has 26 heavy (non-hydrogen) atoms. The summed E-state index contributed by atoms with van der Waals surface area (Å²) in [7, 11) is 0. The highest BCUT2D eigenvalue weighted by Gasteiger charge is 2.19. The molecular formula is C17H16ClN5O2S. The van der Waals surface area contributed by atoms with Crippen LogP contribution in [0.15, 0.2) is 53.7 Å². The number of rotatable bonds is 6. The van der Waals surface area contributed by atoms with Crippen molar-refractivity contribution in [2.45, 2.75) is 23.9 Å². The summed E-state index contributed by atoms with van der Waals surface area (Å²) in [4.78, 5) is 12.4. The van der Waals surface area contributed by atoms with Crippen molar-refractivity contribution < 1.29 is 9.90 Å². The molecule has 134 valence electrons.